The summed E-state index contributed by atoms with van der Waals surface area (Å²) in [4.78, 5) is 4.38. The SMILES string of the molecule is CSCCC(O)(C(Nc1cccc2nc(C)ccc12)c1ccc(F)c(O)c1)C(F)(F)F. The Morgan fingerprint density at radius 3 is 2.52 bits per heavy atom. The number of halogens is 4. The summed E-state index contributed by atoms with van der Waals surface area (Å²) < 4.78 is 56.1. The van der Waals surface area contributed by atoms with Crippen molar-refractivity contribution in [2.45, 2.75) is 31.2 Å². The van der Waals surface area contributed by atoms with Crippen LogP contribution in [0.5, 0.6) is 5.75 Å². The van der Waals surface area contributed by atoms with Crippen LogP contribution in [0.1, 0.15) is 23.7 Å². The Morgan fingerprint density at radius 1 is 1.13 bits per heavy atom. The number of hydrogen-bond acceptors (Lipinski definition) is 5. The van der Waals surface area contributed by atoms with Gasteiger partial charge in [-0.15, -0.1) is 0 Å². The van der Waals surface area contributed by atoms with Gasteiger partial charge in [0, 0.05) is 16.8 Å². The quantitative estimate of drug-likeness (QED) is 0.407. The molecule has 2 aromatic carbocycles. The lowest BCUT2D eigenvalue weighted by molar-refractivity contribution is -0.267. The number of aromatic nitrogens is 1. The fourth-order valence-electron chi connectivity index (χ4n) is 3.43. The minimum absolute atomic E-state index is 0.0393. The smallest absolute Gasteiger partial charge is 0.419 e. The molecule has 3 rings (SSSR count). The molecule has 31 heavy (non-hydrogen) atoms. The van der Waals surface area contributed by atoms with Crippen molar-refractivity contribution in [2.24, 2.45) is 0 Å². The summed E-state index contributed by atoms with van der Waals surface area (Å²) in [6, 6.07) is 9.61. The fourth-order valence-corrected chi connectivity index (χ4v) is 3.95. The number of pyridine rings is 1. The van der Waals surface area contributed by atoms with E-state index in [4.69, 9.17) is 0 Å². The Hall–Kier alpha value is -2.52. The molecule has 166 valence electrons. The van der Waals surface area contributed by atoms with Crippen LogP contribution in [0.4, 0.5) is 23.2 Å². The molecule has 0 aliphatic rings. The second-order valence-corrected chi connectivity index (χ2v) is 8.26. The van der Waals surface area contributed by atoms with Gasteiger partial charge in [-0.25, -0.2) is 4.39 Å². The van der Waals surface area contributed by atoms with Gasteiger partial charge in [0.15, 0.2) is 17.2 Å². The molecule has 9 heteroatoms. The maximum Gasteiger partial charge on any atom is 0.419 e. The van der Waals surface area contributed by atoms with Crippen molar-refractivity contribution in [2.75, 3.05) is 17.3 Å². The number of nitrogens with one attached hydrogen (secondary N) is 1. The van der Waals surface area contributed by atoms with Crippen LogP contribution in [0.15, 0.2) is 48.5 Å². The van der Waals surface area contributed by atoms with E-state index in [-0.39, 0.29) is 11.3 Å². The summed E-state index contributed by atoms with van der Waals surface area (Å²) >= 11 is 1.17. The minimum Gasteiger partial charge on any atom is -0.505 e. The highest BCUT2D eigenvalue weighted by atomic mass is 32.2. The first-order valence-electron chi connectivity index (χ1n) is 9.46. The van der Waals surface area contributed by atoms with Crippen LogP contribution in [-0.2, 0) is 0 Å². The summed E-state index contributed by atoms with van der Waals surface area (Å²) in [6.07, 6.45) is -3.96. The van der Waals surface area contributed by atoms with Gasteiger partial charge < -0.3 is 15.5 Å². The van der Waals surface area contributed by atoms with E-state index in [0.717, 1.165) is 23.9 Å². The van der Waals surface area contributed by atoms with Crippen LogP contribution in [0.3, 0.4) is 0 Å². The average Bonchev–Trinajstić information content (AvgIpc) is 2.71. The summed E-state index contributed by atoms with van der Waals surface area (Å²) in [5, 5.41) is 24.1. The lowest BCUT2D eigenvalue weighted by atomic mass is 9.85. The zero-order chi connectivity index (χ0) is 22.8. The molecule has 0 saturated carbocycles. The van der Waals surface area contributed by atoms with E-state index < -0.39 is 35.8 Å². The molecular formula is C22H22F4N2O2S. The second kappa shape index (κ2) is 8.92. The van der Waals surface area contributed by atoms with Gasteiger partial charge in [0.1, 0.15) is 0 Å². The average molecular weight is 454 g/mol. The molecule has 0 aliphatic carbocycles. The molecule has 0 spiro atoms. The summed E-state index contributed by atoms with van der Waals surface area (Å²) in [5.41, 5.74) is -1.63. The van der Waals surface area contributed by atoms with Crippen molar-refractivity contribution in [3.63, 3.8) is 0 Å². The van der Waals surface area contributed by atoms with Crippen LogP contribution in [0.25, 0.3) is 10.9 Å². The van der Waals surface area contributed by atoms with E-state index in [1.54, 1.807) is 43.5 Å². The van der Waals surface area contributed by atoms with E-state index >= 15 is 0 Å². The maximum atomic E-state index is 14.2. The van der Waals surface area contributed by atoms with Crippen LogP contribution >= 0.6 is 11.8 Å². The lowest BCUT2D eigenvalue weighted by Gasteiger charge is -2.39. The standard InChI is InChI=1S/C22H22F4N2O2S/c1-13-6-8-15-17(27-13)4-3-5-18(15)28-20(14-7-9-16(23)19(29)12-14)21(30,10-11-31-2)22(24,25)26/h3-9,12,20,28-30H,10-11H2,1-2H3. The van der Waals surface area contributed by atoms with Gasteiger partial charge in [-0.2, -0.15) is 24.9 Å². The molecule has 2 unspecified atom stereocenters. The number of nitrogens with zero attached hydrogens (tertiary/aromatic N) is 1. The Kier molecular flexibility index (Phi) is 6.66. The number of rotatable bonds is 7. The summed E-state index contributed by atoms with van der Waals surface area (Å²) in [5.74, 6) is -1.72. The van der Waals surface area contributed by atoms with Crippen LogP contribution in [-0.4, -0.2) is 39.0 Å². The minimum atomic E-state index is -5.00. The van der Waals surface area contributed by atoms with Crippen molar-refractivity contribution in [3.8, 4) is 5.75 Å². The molecule has 1 heterocycles. The molecule has 0 saturated heterocycles. The van der Waals surface area contributed by atoms with E-state index in [1.807, 2.05) is 0 Å². The molecule has 3 aromatic rings. The van der Waals surface area contributed by atoms with Crippen LogP contribution < -0.4 is 5.32 Å². The van der Waals surface area contributed by atoms with E-state index in [1.165, 1.54) is 11.8 Å². The highest BCUT2D eigenvalue weighted by Crippen LogP contribution is 2.45. The molecule has 0 fully saturated rings. The molecule has 2 atom stereocenters. The zero-order valence-corrected chi connectivity index (χ0v) is 17.7. The van der Waals surface area contributed by atoms with Crippen LogP contribution in [0, 0.1) is 12.7 Å². The Morgan fingerprint density at radius 2 is 1.87 bits per heavy atom. The van der Waals surface area contributed by atoms with Crippen molar-refractivity contribution < 1.29 is 27.8 Å². The first-order chi connectivity index (χ1) is 14.6. The maximum absolute atomic E-state index is 14.2. The van der Waals surface area contributed by atoms with Crippen molar-refractivity contribution in [3.05, 3.63) is 65.6 Å². The van der Waals surface area contributed by atoms with Gasteiger partial charge in [-0.05, 0) is 67.3 Å². The van der Waals surface area contributed by atoms with E-state index in [0.29, 0.717) is 16.6 Å². The van der Waals surface area contributed by atoms with E-state index in [2.05, 4.69) is 10.3 Å². The van der Waals surface area contributed by atoms with Gasteiger partial charge in [0.05, 0.1) is 11.6 Å². The first kappa shape index (κ1) is 23.1. The van der Waals surface area contributed by atoms with Crippen LogP contribution in [0.2, 0.25) is 0 Å². The first-order valence-corrected chi connectivity index (χ1v) is 10.9. The molecule has 0 radical (unpaired) electrons. The molecule has 0 bridgehead atoms. The Labute approximate surface area is 181 Å². The fraction of sp³-hybridized carbons (Fsp3) is 0.318. The molecule has 3 N–H and O–H groups in total. The van der Waals surface area contributed by atoms with Gasteiger partial charge >= 0.3 is 6.18 Å². The van der Waals surface area contributed by atoms with Crippen molar-refractivity contribution in [1.29, 1.82) is 0 Å². The lowest BCUT2D eigenvalue weighted by Crippen LogP contribution is -2.53. The topological polar surface area (TPSA) is 65.4 Å². The third-order valence-corrected chi connectivity index (χ3v) is 5.74. The molecule has 0 amide bonds. The number of aromatic hydroxyl groups is 1. The number of thioether (sulfide) groups is 1. The Balaban J connectivity index is 2.17. The van der Waals surface area contributed by atoms with Gasteiger partial charge in [0.25, 0.3) is 0 Å². The molecule has 0 aliphatic heterocycles. The van der Waals surface area contributed by atoms with Crippen molar-refractivity contribution >= 4 is 28.4 Å². The molecule has 4 nitrogen and oxygen atoms in total. The molecular weight excluding hydrogens is 432 g/mol. The summed E-state index contributed by atoms with van der Waals surface area (Å²) in [7, 11) is 0. The number of benzene rings is 2. The van der Waals surface area contributed by atoms with E-state index in [9.17, 15) is 27.8 Å². The predicted octanol–water partition coefficient (Wildman–Crippen LogP) is 5.59. The third-order valence-electron chi connectivity index (χ3n) is 5.13. The molecule has 1 aromatic heterocycles. The highest BCUT2D eigenvalue weighted by Gasteiger charge is 2.58. The number of aryl methyl sites for hydroxylation is 1. The highest BCUT2D eigenvalue weighted by molar-refractivity contribution is 7.98. The summed E-state index contributed by atoms with van der Waals surface area (Å²) in [6.45, 7) is 1.80. The number of phenols is 1. The third kappa shape index (κ3) is 4.72. The number of aliphatic hydroxyl groups is 1. The van der Waals surface area contributed by atoms with Gasteiger partial charge in [-0.3, -0.25) is 4.98 Å². The number of anilines is 1. The normalized spacial score (nSPS) is 14.9. The predicted molar refractivity (Wildman–Crippen MR) is 115 cm³/mol. The number of alkyl halides is 3. The van der Waals surface area contributed by atoms with Gasteiger partial charge in [0.2, 0.25) is 0 Å². The zero-order valence-electron chi connectivity index (χ0n) is 16.9. The Bertz CT molecular complexity index is 1080. The monoisotopic (exact) mass is 454 g/mol. The van der Waals surface area contributed by atoms with Gasteiger partial charge in [-0.1, -0.05) is 12.1 Å². The second-order valence-electron chi connectivity index (χ2n) is 7.28. The number of hydrogen-bond donors (Lipinski definition) is 3. The number of fused-ring (bicyclic) bond motifs is 1. The number of phenolic OH excluding ortho intramolecular Hbond substituents is 1. The van der Waals surface area contributed by atoms with Crippen molar-refractivity contribution in [1.82, 2.24) is 4.98 Å². The largest absolute Gasteiger partial charge is 0.505 e.